The molecule has 2 N–H and O–H groups in total. The zero-order chi connectivity index (χ0) is 13.7. The van der Waals surface area contributed by atoms with Crippen molar-refractivity contribution in [1.82, 2.24) is 0 Å². The molecule has 2 aromatic rings. The normalized spacial score (nSPS) is 10.3. The summed E-state index contributed by atoms with van der Waals surface area (Å²) in [4.78, 5) is 0. The molecule has 0 atom stereocenters. The lowest BCUT2D eigenvalue weighted by Crippen LogP contribution is -2.02. The Morgan fingerprint density at radius 1 is 1.11 bits per heavy atom. The Labute approximate surface area is 114 Å². The minimum atomic E-state index is 0.474. The molecule has 100 valence electrons. The number of hydrogen-bond acceptors (Lipinski definition) is 3. The third-order valence-electron chi connectivity index (χ3n) is 2.97. The molecule has 0 amide bonds. The first-order chi connectivity index (χ1) is 9.22. The van der Waals surface area contributed by atoms with Crippen LogP contribution in [0.3, 0.4) is 0 Å². The third kappa shape index (κ3) is 3.48. The molecular weight excluding hydrogens is 238 g/mol. The lowest BCUT2D eigenvalue weighted by molar-refractivity contribution is 0.305. The molecule has 0 unspecified atom stereocenters. The molecule has 0 heterocycles. The predicted octanol–water partition coefficient (Wildman–Crippen LogP) is 3.04. The summed E-state index contributed by atoms with van der Waals surface area (Å²) in [5, 5.41) is 0. The number of rotatable bonds is 5. The third-order valence-corrected chi connectivity index (χ3v) is 2.97. The van der Waals surface area contributed by atoms with E-state index in [9.17, 15) is 0 Å². The first-order valence-corrected chi connectivity index (χ1v) is 6.28. The van der Waals surface area contributed by atoms with Crippen LogP contribution in [-0.2, 0) is 13.2 Å². The van der Waals surface area contributed by atoms with Crippen molar-refractivity contribution in [1.29, 1.82) is 0 Å². The molecule has 0 aliphatic rings. The van der Waals surface area contributed by atoms with Gasteiger partial charge in [-0.2, -0.15) is 0 Å². The van der Waals surface area contributed by atoms with Gasteiger partial charge >= 0.3 is 0 Å². The number of nitrogens with two attached hydrogens (primary N) is 1. The summed E-state index contributed by atoms with van der Waals surface area (Å²) in [5.74, 6) is 1.69. The number of benzene rings is 2. The van der Waals surface area contributed by atoms with Crippen molar-refractivity contribution >= 4 is 0 Å². The number of hydrogen-bond donors (Lipinski definition) is 1. The Bertz CT molecular complexity index is 552. The first-order valence-electron chi connectivity index (χ1n) is 6.28. The van der Waals surface area contributed by atoms with Crippen molar-refractivity contribution in [3.05, 3.63) is 59.2 Å². The smallest absolute Gasteiger partial charge is 0.123 e. The van der Waals surface area contributed by atoms with E-state index >= 15 is 0 Å². The summed E-state index contributed by atoms with van der Waals surface area (Å²) in [7, 11) is 1.65. The van der Waals surface area contributed by atoms with Gasteiger partial charge in [0, 0.05) is 12.1 Å². The zero-order valence-electron chi connectivity index (χ0n) is 11.3. The first kappa shape index (κ1) is 13.4. The SMILES string of the molecule is COc1cc(COc2cccc(C)c2)ccc1CN. The molecule has 2 rings (SSSR count). The number of ether oxygens (including phenoxy) is 2. The lowest BCUT2D eigenvalue weighted by Gasteiger charge is -2.11. The average Bonchev–Trinajstić information content (AvgIpc) is 2.45. The van der Waals surface area contributed by atoms with Gasteiger partial charge in [0.2, 0.25) is 0 Å². The van der Waals surface area contributed by atoms with Gasteiger partial charge < -0.3 is 15.2 Å². The van der Waals surface area contributed by atoms with Crippen molar-refractivity contribution in [2.75, 3.05) is 7.11 Å². The lowest BCUT2D eigenvalue weighted by atomic mass is 10.1. The van der Waals surface area contributed by atoms with E-state index in [1.807, 2.05) is 49.4 Å². The Hall–Kier alpha value is -2.00. The van der Waals surface area contributed by atoms with E-state index in [0.29, 0.717) is 13.2 Å². The van der Waals surface area contributed by atoms with Crippen LogP contribution in [0, 0.1) is 6.92 Å². The molecule has 3 heteroatoms. The molecule has 0 saturated carbocycles. The molecule has 0 radical (unpaired) electrons. The van der Waals surface area contributed by atoms with E-state index < -0.39 is 0 Å². The number of methoxy groups -OCH3 is 1. The van der Waals surface area contributed by atoms with Crippen molar-refractivity contribution in [3.63, 3.8) is 0 Å². The Morgan fingerprint density at radius 2 is 1.95 bits per heavy atom. The van der Waals surface area contributed by atoms with Gasteiger partial charge in [-0.05, 0) is 36.2 Å². The highest BCUT2D eigenvalue weighted by Gasteiger charge is 2.03. The molecule has 0 saturated heterocycles. The van der Waals surface area contributed by atoms with Crippen LogP contribution in [0.15, 0.2) is 42.5 Å². The predicted molar refractivity (Wildman–Crippen MR) is 76.4 cm³/mol. The van der Waals surface area contributed by atoms with Crippen LogP contribution < -0.4 is 15.2 Å². The monoisotopic (exact) mass is 257 g/mol. The maximum absolute atomic E-state index is 5.76. The van der Waals surface area contributed by atoms with E-state index in [-0.39, 0.29) is 0 Å². The second-order valence-electron chi connectivity index (χ2n) is 4.46. The zero-order valence-corrected chi connectivity index (χ0v) is 11.3. The van der Waals surface area contributed by atoms with Gasteiger partial charge in [-0.3, -0.25) is 0 Å². The highest BCUT2D eigenvalue weighted by molar-refractivity contribution is 5.37. The van der Waals surface area contributed by atoms with E-state index in [1.54, 1.807) is 7.11 Å². The van der Waals surface area contributed by atoms with Crippen molar-refractivity contribution in [3.8, 4) is 11.5 Å². The molecule has 0 fully saturated rings. The maximum Gasteiger partial charge on any atom is 0.123 e. The molecule has 0 bridgehead atoms. The second-order valence-corrected chi connectivity index (χ2v) is 4.46. The largest absolute Gasteiger partial charge is 0.496 e. The topological polar surface area (TPSA) is 44.5 Å². The summed E-state index contributed by atoms with van der Waals surface area (Å²) >= 11 is 0. The van der Waals surface area contributed by atoms with Gasteiger partial charge in [0.25, 0.3) is 0 Å². The van der Waals surface area contributed by atoms with Gasteiger partial charge in [0.1, 0.15) is 18.1 Å². The van der Waals surface area contributed by atoms with Crippen LogP contribution >= 0.6 is 0 Å². The van der Waals surface area contributed by atoms with Crippen LogP contribution in [0.1, 0.15) is 16.7 Å². The van der Waals surface area contributed by atoms with E-state index in [1.165, 1.54) is 5.56 Å². The standard InChI is InChI=1S/C16H19NO2/c1-12-4-3-5-15(8-12)19-11-13-6-7-14(10-17)16(9-13)18-2/h3-9H,10-11,17H2,1-2H3. The summed E-state index contributed by atoms with van der Waals surface area (Å²) in [6.45, 7) is 3.04. The van der Waals surface area contributed by atoms with Crippen LogP contribution in [0.25, 0.3) is 0 Å². The van der Waals surface area contributed by atoms with Crippen molar-refractivity contribution in [2.45, 2.75) is 20.1 Å². The fourth-order valence-electron chi connectivity index (χ4n) is 1.92. The highest BCUT2D eigenvalue weighted by Crippen LogP contribution is 2.21. The van der Waals surface area contributed by atoms with Gasteiger partial charge in [-0.1, -0.05) is 24.3 Å². The molecule has 19 heavy (non-hydrogen) atoms. The summed E-state index contributed by atoms with van der Waals surface area (Å²) in [5.41, 5.74) is 8.90. The van der Waals surface area contributed by atoms with Crippen LogP contribution in [-0.4, -0.2) is 7.11 Å². The van der Waals surface area contributed by atoms with Crippen molar-refractivity contribution in [2.24, 2.45) is 5.73 Å². The van der Waals surface area contributed by atoms with Crippen LogP contribution in [0.5, 0.6) is 11.5 Å². The van der Waals surface area contributed by atoms with Crippen molar-refractivity contribution < 1.29 is 9.47 Å². The minimum Gasteiger partial charge on any atom is -0.496 e. The molecule has 2 aromatic carbocycles. The Morgan fingerprint density at radius 3 is 2.63 bits per heavy atom. The molecule has 0 spiro atoms. The molecule has 0 aliphatic heterocycles. The highest BCUT2D eigenvalue weighted by atomic mass is 16.5. The van der Waals surface area contributed by atoms with Gasteiger partial charge in [-0.15, -0.1) is 0 Å². The fraction of sp³-hybridized carbons (Fsp3) is 0.250. The molecule has 0 aliphatic carbocycles. The van der Waals surface area contributed by atoms with Gasteiger partial charge in [-0.25, -0.2) is 0 Å². The average molecular weight is 257 g/mol. The van der Waals surface area contributed by atoms with E-state index in [2.05, 4.69) is 0 Å². The summed E-state index contributed by atoms with van der Waals surface area (Å²) < 4.78 is 11.1. The molecule has 3 nitrogen and oxygen atoms in total. The Balaban J connectivity index is 2.07. The molecular formula is C16H19NO2. The quantitative estimate of drug-likeness (QED) is 0.895. The van der Waals surface area contributed by atoms with Crippen LogP contribution in [0.2, 0.25) is 0 Å². The van der Waals surface area contributed by atoms with Crippen LogP contribution in [0.4, 0.5) is 0 Å². The maximum atomic E-state index is 5.76. The van der Waals surface area contributed by atoms with E-state index in [0.717, 1.165) is 22.6 Å². The molecule has 0 aromatic heterocycles. The van der Waals surface area contributed by atoms with Gasteiger partial charge in [0.05, 0.1) is 7.11 Å². The minimum absolute atomic E-state index is 0.474. The summed E-state index contributed by atoms with van der Waals surface area (Å²) in [6, 6.07) is 14.0. The summed E-state index contributed by atoms with van der Waals surface area (Å²) in [6.07, 6.45) is 0. The van der Waals surface area contributed by atoms with Gasteiger partial charge in [0.15, 0.2) is 0 Å². The van der Waals surface area contributed by atoms with E-state index in [4.69, 9.17) is 15.2 Å². The number of aryl methyl sites for hydroxylation is 1. The fourth-order valence-corrected chi connectivity index (χ4v) is 1.92. The Kier molecular flexibility index (Phi) is 4.42. The second kappa shape index (κ2) is 6.25.